The van der Waals surface area contributed by atoms with Gasteiger partial charge < -0.3 is 4.74 Å². The van der Waals surface area contributed by atoms with Gasteiger partial charge in [-0.3, -0.25) is 0 Å². The molecule has 0 unspecified atom stereocenters. The Balaban J connectivity index is 2.10. The van der Waals surface area contributed by atoms with Gasteiger partial charge in [0.25, 0.3) is 0 Å². The molecule has 0 bridgehead atoms. The third kappa shape index (κ3) is 1.97. The molecule has 0 saturated carbocycles. The van der Waals surface area contributed by atoms with Gasteiger partial charge in [0, 0.05) is 10.0 Å². The predicted octanol–water partition coefficient (Wildman–Crippen LogP) is 3.91. The monoisotopic (exact) mass is 300 g/mol. The molecule has 0 radical (unpaired) electrons. The normalized spacial score (nSPS) is 15.6. The van der Waals surface area contributed by atoms with Crippen molar-refractivity contribution in [3.63, 3.8) is 0 Å². The highest BCUT2D eigenvalue weighted by Gasteiger charge is 2.25. The molecule has 1 heterocycles. The van der Waals surface area contributed by atoms with Gasteiger partial charge in [0.2, 0.25) is 0 Å². The average molecular weight is 301 g/mol. The SMILES string of the molecule is O=C1Oc2ccccc2C1=Cc1cccc(Br)c1. The summed E-state index contributed by atoms with van der Waals surface area (Å²) in [5, 5.41) is 0. The van der Waals surface area contributed by atoms with Gasteiger partial charge in [0.05, 0.1) is 5.57 Å². The maximum absolute atomic E-state index is 11.8. The van der Waals surface area contributed by atoms with Gasteiger partial charge in [-0.1, -0.05) is 46.3 Å². The highest BCUT2D eigenvalue weighted by Crippen LogP contribution is 2.35. The Morgan fingerprint density at radius 2 is 1.89 bits per heavy atom. The fourth-order valence-corrected chi connectivity index (χ4v) is 2.36. The maximum atomic E-state index is 11.8. The van der Waals surface area contributed by atoms with Crippen LogP contribution in [0.3, 0.4) is 0 Å². The van der Waals surface area contributed by atoms with E-state index in [4.69, 9.17) is 4.74 Å². The van der Waals surface area contributed by atoms with Gasteiger partial charge in [0.1, 0.15) is 5.75 Å². The molecule has 0 spiro atoms. The molecule has 88 valence electrons. The number of hydrogen-bond acceptors (Lipinski definition) is 2. The molecular weight excluding hydrogens is 292 g/mol. The molecule has 0 saturated heterocycles. The molecule has 0 aromatic heterocycles. The van der Waals surface area contributed by atoms with Crippen LogP contribution in [-0.4, -0.2) is 5.97 Å². The zero-order valence-corrected chi connectivity index (χ0v) is 11.0. The molecule has 3 heteroatoms. The number of halogens is 1. The van der Waals surface area contributed by atoms with Crippen molar-refractivity contribution >= 4 is 33.5 Å². The van der Waals surface area contributed by atoms with Gasteiger partial charge in [-0.25, -0.2) is 4.79 Å². The van der Waals surface area contributed by atoms with E-state index in [-0.39, 0.29) is 5.97 Å². The molecule has 1 aliphatic rings. The van der Waals surface area contributed by atoms with Crippen LogP contribution in [0.5, 0.6) is 5.75 Å². The van der Waals surface area contributed by atoms with E-state index in [0.717, 1.165) is 15.6 Å². The summed E-state index contributed by atoms with van der Waals surface area (Å²) in [4.78, 5) is 11.8. The molecule has 2 aromatic rings. The fraction of sp³-hybridized carbons (Fsp3) is 0. The lowest BCUT2D eigenvalue weighted by molar-refractivity contribution is -0.126. The second kappa shape index (κ2) is 4.42. The maximum Gasteiger partial charge on any atom is 0.344 e. The molecule has 0 atom stereocenters. The van der Waals surface area contributed by atoms with E-state index in [0.29, 0.717) is 11.3 Å². The van der Waals surface area contributed by atoms with Crippen molar-refractivity contribution in [2.45, 2.75) is 0 Å². The summed E-state index contributed by atoms with van der Waals surface area (Å²) in [6.45, 7) is 0. The molecule has 0 N–H and O–H groups in total. The number of hydrogen-bond donors (Lipinski definition) is 0. The van der Waals surface area contributed by atoms with Gasteiger partial charge in [-0.15, -0.1) is 0 Å². The molecule has 2 aromatic carbocycles. The first-order chi connectivity index (χ1) is 8.74. The Kier molecular flexibility index (Phi) is 2.76. The van der Waals surface area contributed by atoms with Crippen LogP contribution in [0, 0.1) is 0 Å². The number of benzene rings is 2. The number of ether oxygens (including phenoxy) is 1. The third-order valence-corrected chi connectivity index (χ3v) is 3.25. The van der Waals surface area contributed by atoms with Crippen LogP contribution in [0.1, 0.15) is 11.1 Å². The second-order valence-corrected chi connectivity index (χ2v) is 4.91. The lowest BCUT2D eigenvalue weighted by Crippen LogP contribution is -2.00. The largest absolute Gasteiger partial charge is 0.422 e. The quantitative estimate of drug-likeness (QED) is 0.453. The van der Waals surface area contributed by atoms with Crippen molar-refractivity contribution in [3.8, 4) is 5.75 Å². The summed E-state index contributed by atoms with van der Waals surface area (Å²) in [5.74, 6) is 0.333. The molecule has 0 amide bonds. The molecule has 3 rings (SSSR count). The first kappa shape index (κ1) is 11.2. The smallest absolute Gasteiger partial charge is 0.344 e. The number of carbonyl (C=O) groups is 1. The van der Waals surface area contributed by atoms with Gasteiger partial charge in [-0.05, 0) is 29.8 Å². The average Bonchev–Trinajstić information content (AvgIpc) is 2.66. The van der Waals surface area contributed by atoms with Crippen LogP contribution in [0.15, 0.2) is 53.0 Å². The molecular formula is C15H9BrO2. The molecule has 0 fully saturated rings. The lowest BCUT2D eigenvalue weighted by Gasteiger charge is -1.97. The minimum absolute atomic E-state index is 0.295. The Morgan fingerprint density at radius 1 is 1.06 bits per heavy atom. The zero-order valence-electron chi connectivity index (χ0n) is 9.39. The predicted molar refractivity (Wildman–Crippen MR) is 74.1 cm³/mol. The third-order valence-electron chi connectivity index (χ3n) is 2.76. The molecule has 0 aliphatic carbocycles. The highest BCUT2D eigenvalue weighted by atomic mass is 79.9. The van der Waals surface area contributed by atoms with Crippen molar-refractivity contribution in [3.05, 3.63) is 64.1 Å². The number of rotatable bonds is 1. The van der Waals surface area contributed by atoms with Crippen molar-refractivity contribution in [2.75, 3.05) is 0 Å². The Bertz CT molecular complexity index is 659. The van der Waals surface area contributed by atoms with E-state index in [1.54, 1.807) is 6.07 Å². The van der Waals surface area contributed by atoms with Crippen LogP contribution < -0.4 is 4.74 Å². The van der Waals surface area contributed by atoms with E-state index < -0.39 is 0 Å². The van der Waals surface area contributed by atoms with Gasteiger partial charge in [-0.2, -0.15) is 0 Å². The van der Waals surface area contributed by atoms with Gasteiger partial charge >= 0.3 is 5.97 Å². The Hall–Kier alpha value is -1.87. The molecule has 2 nitrogen and oxygen atoms in total. The molecule has 18 heavy (non-hydrogen) atoms. The minimum atomic E-state index is -0.295. The van der Waals surface area contributed by atoms with E-state index in [9.17, 15) is 4.79 Å². The first-order valence-corrected chi connectivity index (χ1v) is 6.32. The second-order valence-electron chi connectivity index (χ2n) is 4.00. The van der Waals surface area contributed by atoms with Gasteiger partial charge in [0.15, 0.2) is 0 Å². The van der Waals surface area contributed by atoms with Crippen molar-refractivity contribution < 1.29 is 9.53 Å². The van der Waals surface area contributed by atoms with Crippen molar-refractivity contribution in [1.82, 2.24) is 0 Å². The lowest BCUT2D eigenvalue weighted by atomic mass is 10.0. The highest BCUT2D eigenvalue weighted by molar-refractivity contribution is 9.10. The summed E-state index contributed by atoms with van der Waals surface area (Å²) in [7, 11) is 0. The van der Waals surface area contributed by atoms with Crippen molar-refractivity contribution in [2.24, 2.45) is 0 Å². The molecule has 1 aliphatic heterocycles. The van der Waals surface area contributed by atoms with Crippen LogP contribution >= 0.6 is 15.9 Å². The topological polar surface area (TPSA) is 26.3 Å². The van der Waals surface area contributed by atoms with Crippen LogP contribution in [0.4, 0.5) is 0 Å². The zero-order chi connectivity index (χ0) is 12.5. The Morgan fingerprint density at radius 3 is 2.72 bits per heavy atom. The van der Waals surface area contributed by atoms with Crippen LogP contribution in [0.25, 0.3) is 11.6 Å². The van der Waals surface area contributed by atoms with E-state index in [1.807, 2.05) is 48.5 Å². The van der Waals surface area contributed by atoms with Crippen LogP contribution in [-0.2, 0) is 4.79 Å². The Labute approximate surface area is 113 Å². The van der Waals surface area contributed by atoms with Crippen LogP contribution in [0.2, 0.25) is 0 Å². The first-order valence-electron chi connectivity index (χ1n) is 5.53. The fourth-order valence-electron chi connectivity index (χ4n) is 1.94. The number of carbonyl (C=O) groups excluding carboxylic acids is 1. The van der Waals surface area contributed by atoms with E-state index >= 15 is 0 Å². The number of fused-ring (bicyclic) bond motifs is 1. The number of esters is 1. The van der Waals surface area contributed by atoms with E-state index in [1.165, 1.54) is 0 Å². The standard InChI is InChI=1S/C15H9BrO2/c16-11-5-3-4-10(8-11)9-13-12-6-1-2-7-14(12)18-15(13)17/h1-9H. The summed E-state index contributed by atoms with van der Waals surface area (Å²) >= 11 is 3.41. The minimum Gasteiger partial charge on any atom is -0.422 e. The summed E-state index contributed by atoms with van der Waals surface area (Å²) in [6.07, 6.45) is 1.85. The number of para-hydroxylation sites is 1. The van der Waals surface area contributed by atoms with Crippen molar-refractivity contribution in [1.29, 1.82) is 0 Å². The summed E-state index contributed by atoms with van der Waals surface area (Å²) in [5.41, 5.74) is 2.42. The summed E-state index contributed by atoms with van der Waals surface area (Å²) in [6, 6.07) is 15.2. The summed E-state index contributed by atoms with van der Waals surface area (Å²) < 4.78 is 6.19. The van der Waals surface area contributed by atoms with E-state index in [2.05, 4.69) is 15.9 Å².